The number of amides is 3. The van der Waals surface area contributed by atoms with Gasteiger partial charge >= 0.3 is 5.97 Å². The number of hydrogen-bond acceptors (Lipinski definition) is 9. The fraction of sp³-hybridized carbons (Fsp3) is 0.333. The lowest BCUT2D eigenvalue weighted by Gasteiger charge is -2.49. The Kier molecular flexibility index (Phi) is 7.42. The molecule has 2 aliphatic rings. The van der Waals surface area contributed by atoms with Crippen LogP contribution in [0.15, 0.2) is 46.6 Å². The van der Waals surface area contributed by atoms with Crippen molar-refractivity contribution in [1.82, 2.24) is 30.9 Å². The van der Waals surface area contributed by atoms with Gasteiger partial charge in [-0.25, -0.2) is 4.79 Å². The lowest BCUT2D eigenvalue weighted by atomic mass is 10.0. The van der Waals surface area contributed by atoms with Crippen LogP contribution in [0.3, 0.4) is 0 Å². The summed E-state index contributed by atoms with van der Waals surface area (Å²) in [6.45, 7) is 2.20. The Labute approximate surface area is 208 Å². The van der Waals surface area contributed by atoms with E-state index in [-0.39, 0.29) is 23.1 Å². The topological polar surface area (TPSA) is 183 Å². The predicted molar refractivity (Wildman–Crippen MR) is 128 cm³/mol. The average molecular weight is 518 g/mol. The van der Waals surface area contributed by atoms with E-state index >= 15 is 0 Å². The number of nitrogens with one attached hydrogen (secondary N) is 3. The van der Waals surface area contributed by atoms with E-state index in [0.717, 1.165) is 11.8 Å². The lowest BCUT2D eigenvalue weighted by Crippen LogP contribution is -2.71. The maximum Gasteiger partial charge on any atom is 0.352 e. The van der Waals surface area contributed by atoms with Crippen LogP contribution in [0.2, 0.25) is 0 Å². The molecule has 14 heteroatoms. The van der Waals surface area contributed by atoms with Gasteiger partial charge in [0.1, 0.15) is 23.2 Å². The maximum absolute atomic E-state index is 12.9. The molecule has 35 heavy (non-hydrogen) atoms. The summed E-state index contributed by atoms with van der Waals surface area (Å²) in [5, 5.41) is 25.2. The lowest BCUT2D eigenvalue weighted by molar-refractivity contribution is -0.150. The summed E-state index contributed by atoms with van der Waals surface area (Å²) in [5.41, 5.74) is 7.14. The Morgan fingerprint density at radius 3 is 2.74 bits per heavy atom. The zero-order valence-corrected chi connectivity index (χ0v) is 20.2. The third kappa shape index (κ3) is 4.90. The van der Waals surface area contributed by atoms with Crippen molar-refractivity contribution in [3.63, 3.8) is 0 Å². The van der Waals surface area contributed by atoms with Gasteiger partial charge in [-0.15, -0.1) is 22.0 Å². The number of benzene rings is 1. The van der Waals surface area contributed by atoms with Gasteiger partial charge < -0.3 is 21.5 Å². The van der Waals surface area contributed by atoms with Gasteiger partial charge in [-0.05, 0) is 18.1 Å². The molecule has 0 saturated carbocycles. The molecular weight excluding hydrogens is 494 g/mol. The van der Waals surface area contributed by atoms with Crippen LogP contribution in [-0.2, 0) is 14.4 Å². The number of carbonyl (C=O) groups is 4. The van der Waals surface area contributed by atoms with Crippen LogP contribution in [0, 0.1) is 0 Å². The van der Waals surface area contributed by atoms with Gasteiger partial charge in [0.2, 0.25) is 5.91 Å². The SMILES string of the molecule is CCNC(=O)c1n[nH]nc1SCC1=C(C(=O)O)N2C(=O)C(NC(=O)C(N)c3ccccc3)[C@@H]2SC1. The number of fused-ring (bicyclic) bond motifs is 1. The number of hydrogen-bond donors (Lipinski definition) is 5. The molecule has 0 radical (unpaired) electrons. The number of aromatic nitrogens is 3. The van der Waals surface area contributed by atoms with Gasteiger partial charge in [0, 0.05) is 18.1 Å². The highest BCUT2D eigenvalue weighted by atomic mass is 32.2. The number of β-lactam (4-membered cyclic amide) rings is 1. The summed E-state index contributed by atoms with van der Waals surface area (Å²) in [4.78, 5) is 50.9. The Balaban J connectivity index is 1.45. The molecule has 2 unspecified atom stereocenters. The first-order chi connectivity index (χ1) is 16.8. The summed E-state index contributed by atoms with van der Waals surface area (Å²) < 4.78 is 0. The number of H-pyrrole nitrogens is 1. The van der Waals surface area contributed by atoms with E-state index in [4.69, 9.17) is 5.73 Å². The molecule has 3 amide bonds. The van der Waals surface area contributed by atoms with E-state index in [1.54, 1.807) is 37.3 Å². The van der Waals surface area contributed by atoms with Gasteiger partial charge in [0.15, 0.2) is 10.7 Å². The number of carboxylic acid groups (broad SMARTS) is 1. The quantitative estimate of drug-likeness (QED) is 0.226. The van der Waals surface area contributed by atoms with Crippen LogP contribution in [0.4, 0.5) is 0 Å². The minimum atomic E-state index is -1.24. The highest BCUT2D eigenvalue weighted by Crippen LogP contribution is 2.41. The van der Waals surface area contributed by atoms with E-state index in [2.05, 4.69) is 26.0 Å². The standard InChI is InChI=1S/C21H23N7O5S2/c1-2-23-17(30)13-18(26-27-25-13)34-8-11-9-35-20-14(19(31)28(20)15(11)21(32)33)24-16(29)12(22)10-6-4-3-5-7-10/h3-7,12,14,20H,2,8-9,22H2,1H3,(H,23,30)(H,24,29)(H,32,33)(H,25,26,27)/t12?,14?,20-/m0/s1. The van der Waals surface area contributed by atoms with Gasteiger partial charge in [-0.1, -0.05) is 42.1 Å². The molecule has 6 N–H and O–H groups in total. The van der Waals surface area contributed by atoms with Crippen LogP contribution in [0.5, 0.6) is 0 Å². The Hall–Kier alpha value is -3.36. The van der Waals surface area contributed by atoms with Gasteiger partial charge in [-0.3, -0.25) is 19.3 Å². The molecular formula is C21H23N7O5S2. The molecule has 1 fully saturated rings. The molecule has 1 saturated heterocycles. The molecule has 3 atom stereocenters. The number of aromatic amines is 1. The van der Waals surface area contributed by atoms with Crippen LogP contribution in [-0.4, -0.2) is 78.6 Å². The number of rotatable bonds is 9. The first-order valence-corrected chi connectivity index (χ1v) is 12.7. The average Bonchev–Trinajstić information content (AvgIpc) is 3.34. The number of aliphatic carboxylic acids is 1. The Morgan fingerprint density at radius 1 is 1.31 bits per heavy atom. The minimum absolute atomic E-state index is 0.118. The Bertz CT molecular complexity index is 1190. The fourth-order valence-electron chi connectivity index (χ4n) is 3.72. The van der Waals surface area contributed by atoms with E-state index in [1.165, 1.54) is 16.7 Å². The Morgan fingerprint density at radius 2 is 2.06 bits per heavy atom. The molecule has 0 aliphatic carbocycles. The van der Waals surface area contributed by atoms with Crippen molar-refractivity contribution in [2.75, 3.05) is 18.1 Å². The number of carboxylic acids is 1. The number of nitrogens with two attached hydrogens (primary N) is 1. The van der Waals surface area contributed by atoms with Crippen LogP contribution >= 0.6 is 23.5 Å². The fourth-order valence-corrected chi connectivity index (χ4v) is 6.12. The van der Waals surface area contributed by atoms with Gasteiger partial charge in [0.05, 0.1) is 0 Å². The zero-order valence-electron chi connectivity index (χ0n) is 18.6. The van der Waals surface area contributed by atoms with E-state index < -0.39 is 35.2 Å². The first-order valence-electron chi connectivity index (χ1n) is 10.7. The summed E-state index contributed by atoms with van der Waals surface area (Å²) in [7, 11) is 0. The van der Waals surface area contributed by atoms with Crippen LogP contribution in [0.25, 0.3) is 0 Å². The zero-order chi connectivity index (χ0) is 25.1. The van der Waals surface area contributed by atoms with Crippen LogP contribution in [0.1, 0.15) is 29.0 Å². The van der Waals surface area contributed by atoms with Crippen molar-refractivity contribution in [3.05, 3.63) is 52.9 Å². The molecule has 1 aromatic carbocycles. The second kappa shape index (κ2) is 10.5. The van der Waals surface area contributed by atoms with Crippen molar-refractivity contribution in [2.45, 2.75) is 29.4 Å². The smallest absolute Gasteiger partial charge is 0.352 e. The van der Waals surface area contributed by atoms with Crippen molar-refractivity contribution in [1.29, 1.82) is 0 Å². The largest absolute Gasteiger partial charge is 0.477 e. The monoisotopic (exact) mass is 517 g/mol. The molecule has 2 aromatic rings. The summed E-state index contributed by atoms with van der Waals surface area (Å²) in [5.74, 6) is -2.14. The van der Waals surface area contributed by atoms with Crippen LogP contribution < -0.4 is 16.4 Å². The molecule has 184 valence electrons. The van der Waals surface area contributed by atoms with Gasteiger partial charge in [-0.2, -0.15) is 5.21 Å². The van der Waals surface area contributed by atoms with E-state index in [0.29, 0.717) is 28.5 Å². The van der Waals surface area contributed by atoms with Crippen molar-refractivity contribution in [3.8, 4) is 0 Å². The number of thioether (sulfide) groups is 2. The summed E-state index contributed by atoms with van der Waals surface area (Å²) in [6, 6.07) is 6.94. The highest BCUT2D eigenvalue weighted by molar-refractivity contribution is 8.01. The highest BCUT2D eigenvalue weighted by Gasteiger charge is 2.54. The molecule has 3 heterocycles. The number of nitrogens with zero attached hydrogens (tertiary/aromatic N) is 3. The number of carbonyl (C=O) groups excluding carboxylic acids is 3. The van der Waals surface area contributed by atoms with Gasteiger partial charge in [0.25, 0.3) is 11.8 Å². The minimum Gasteiger partial charge on any atom is -0.477 e. The molecule has 4 rings (SSSR count). The molecule has 0 bridgehead atoms. The van der Waals surface area contributed by atoms with E-state index in [9.17, 15) is 24.3 Å². The summed E-state index contributed by atoms with van der Waals surface area (Å²) in [6.07, 6.45) is 0. The molecule has 2 aliphatic heterocycles. The maximum atomic E-state index is 12.9. The predicted octanol–water partition coefficient (Wildman–Crippen LogP) is 0.0851. The van der Waals surface area contributed by atoms with Crippen molar-refractivity contribution < 1.29 is 24.3 Å². The molecule has 12 nitrogen and oxygen atoms in total. The summed E-state index contributed by atoms with van der Waals surface area (Å²) >= 11 is 2.50. The molecule has 0 spiro atoms. The van der Waals surface area contributed by atoms with Crippen molar-refractivity contribution >= 4 is 47.2 Å². The normalized spacial score (nSPS) is 20.1. The van der Waals surface area contributed by atoms with E-state index in [1.807, 2.05) is 0 Å². The molecule has 1 aromatic heterocycles. The first kappa shape index (κ1) is 24.8. The third-order valence-corrected chi connectivity index (χ3v) is 7.83. The second-order valence-corrected chi connectivity index (χ2v) is 9.74. The van der Waals surface area contributed by atoms with Crippen molar-refractivity contribution in [2.24, 2.45) is 5.73 Å². The third-order valence-electron chi connectivity index (χ3n) is 5.44. The second-order valence-electron chi connectivity index (χ2n) is 7.67.